The van der Waals surface area contributed by atoms with E-state index in [9.17, 15) is 9.59 Å². The first-order valence-electron chi connectivity index (χ1n) is 8.67. The Hall–Kier alpha value is -1.64. The van der Waals surface area contributed by atoms with E-state index in [1.54, 1.807) is 0 Å². The van der Waals surface area contributed by atoms with Gasteiger partial charge in [0.15, 0.2) is 0 Å². The summed E-state index contributed by atoms with van der Waals surface area (Å²) in [5, 5.41) is 3.14. The molecule has 0 aromatic heterocycles. The molecule has 1 spiro atoms. The molecule has 2 aliphatic carbocycles. The van der Waals surface area contributed by atoms with Gasteiger partial charge >= 0.3 is 0 Å². The van der Waals surface area contributed by atoms with Crippen LogP contribution in [0.4, 0.5) is 5.69 Å². The number of carbonyl (C=O) groups excluding carboxylic acids is 2. The first kappa shape index (κ1) is 14.0. The van der Waals surface area contributed by atoms with Crippen LogP contribution >= 0.6 is 0 Å². The maximum absolute atomic E-state index is 12.6. The Kier molecular flexibility index (Phi) is 3.32. The molecule has 2 fully saturated rings. The maximum Gasteiger partial charge on any atom is 0.235 e. The van der Waals surface area contributed by atoms with Crippen LogP contribution in [0, 0.1) is 0 Å². The van der Waals surface area contributed by atoms with E-state index < -0.39 is 0 Å². The van der Waals surface area contributed by atoms with E-state index in [1.807, 2.05) is 0 Å². The molecular formula is C19H23NO2. The molecule has 0 radical (unpaired) electrons. The second kappa shape index (κ2) is 5.22. The highest BCUT2D eigenvalue weighted by Crippen LogP contribution is 2.48. The van der Waals surface area contributed by atoms with Crippen molar-refractivity contribution in [2.24, 2.45) is 0 Å². The highest BCUT2D eigenvalue weighted by atomic mass is 16.2. The number of benzene rings is 1. The van der Waals surface area contributed by atoms with Crippen LogP contribution in [0.2, 0.25) is 0 Å². The van der Waals surface area contributed by atoms with Crippen LogP contribution < -0.4 is 5.32 Å². The molecule has 1 heterocycles. The van der Waals surface area contributed by atoms with Crippen LogP contribution in [0.1, 0.15) is 74.8 Å². The summed E-state index contributed by atoms with van der Waals surface area (Å²) in [6, 6.07) is 6.57. The zero-order valence-corrected chi connectivity index (χ0v) is 13.0. The third kappa shape index (κ3) is 2.10. The number of nitrogens with one attached hydrogen (secondary N) is 1. The Balaban J connectivity index is 1.64. The van der Waals surface area contributed by atoms with Crippen molar-refractivity contribution in [3.8, 4) is 0 Å². The average Bonchev–Trinajstić information content (AvgIpc) is 2.80. The first-order chi connectivity index (χ1) is 10.7. The molecule has 3 aliphatic rings. The lowest BCUT2D eigenvalue weighted by molar-refractivity contribution is -0.122. The number of ketones is 1. The van der Waals surface area contributed by atoms with Gasteiger partial charge in [-0.25, -0.2) is 0 Å². The summed E-state index contributed by atoms with van der Waals surface area (Å²) >= 11 is 0. The zero-order chi connectivity index (χ0) is 15.2. The van der Waals surface area contributed by atoms with E-state index in [0.29, 0.717) is 24.5 Å². The lowest BCUT2D eigenvalue weighted by Crippen LogP contribution is -2.36. The van der Waals surface area contributed by atoms with Crippen LogP contribution in [-0.4, -0.2) is 11.7 Å². The molecule has 3 nitrogen and oxygen atoms in total. The molecule has 4 rings (SSSR count). The Bertz CT molecular complexity index is 618. The van der Waals surface area contributed by atoms with E-state index in [4.69, 9.17) is 0 Å². The first-order valence-corrected chi connectivity index (χ1v) is 8.67. The van der Waals surface area contributed by atoms with Gasteiger partial charge in [0.05, 0.1) is 5.41 Å². The van der Waals surface area contributed by atoms with Gasteiger partial charge in [-0.1, -0.05) is 31.4 Å². The van der Waals surface area contributed by atoms with E-state index in [1.165, 1.54) is 17.5 Å². The number of anilines is 1. The number of fused-ring (bicyclic) bond motifs is 2. The van der Waals surface area contributed by atoms with Gasteiger partial charge in [0.25, 0.3) is 0 Å². The Labute approximate surface area is 131 Å². The van der Waals surface area contributed by atoms with Crippen molar-refractivity contribution in [3.05, 3.63) is 29.3 Å². The van der Waals surface area contributed by atoms with Gasteiger partial charge in [0, 0.05) is 18.5 Å². The highest BCUT2D eigenvalue weighted by Gasteiger charge is 2.47. The minimum absolute atomic E-state index is 0.207. The fourth-order valence-corrected chi connectivity index (χ4v) is 4.63. The van der Waals surface area contributed by atoms with E-state index in [0.717, 1.165) is 44.2 Å². The maximum atomic E-state index is 12.6. The quantitative estimate of drug-likeness (QED) is 0.849. The lowest BCUT2D eigenvalue weighted by Gasteiger charge is -2.31. The fraction of sp³-hybridized carbons (Fsp3) is 0.579. The molecule has 0 bridgehead atoms. The number of hydrogen-bond acceptors (Lipinski definition) is 2. The standard InChI is InChI=1S/C19H23NO2/c21-15-7-4-13(5-8-15)14-6-9-16-17(12-14)20-18(22)19(16)10-2-1-3-11-19/h6,9,12-13H,1-5,7-8,10-11H2,(H,20,22). The molecule has 3 heteroatoms. The van der Waals surface area contributed by atoms with Crippen molar-refractivity contribution in [2.75, 3.05) is 5.32 Å². The van der Waals surface area contributed by atoms with Crippen molar-refractivity contribution < 1.29 is 9.59 Å². The van der Waals surface area contributed by atoms with E-state index in [-0.39, 0.29) is 11.3 Å². The zero-order valence-electron chi connectivity index (χ0n) is 13.0. The largest absolute Gasteiger partial charge is 0.325 e. The van der Waals surface area contributed by atoms with Crippen LogP contribution in [-0.2, 0) is 15.0 Å². The molecular weight excluding hydrogens is 274 g/mol. The van der Waals surface area contributed by atoms with Crippen molar-refractivity contribution in [1.82, 2.24) is 0 Å². The summed E-state index contributed by atoms with van der Waals surface area (Å²) in [4.78, 5) is 24.0. The molecule has 1 aromatic carbocycles. The monoisotopic (exact) mass is 297 g/mol. The Morgan fingerprint density at radius 3 is 2.45 bits per heavy atom. The van der Waals surface area contributed by atoms with Gasteiger partial charge in [-0.05, 0) is 48.8 Å². The molecule has 1 aromatic rings. The summed E-state index contributed by atoms with van der Waals surface area (Å²) in [6.07, 6.45) is 8.85. The molecule has 1 aliphatic heterocycles. The van der Waals surface area contributed by atoms with Gasteiger partial charge in [-0.2, -0.15) is 0 Å². The fourth-order valence-electron chi connectivity index (χ4n) is 4.63. The second-order valence-corrected chi connectivity index (χ2v) is 7.21. The number of rotatable bonds is 1. The van der Waals surface area contributed by atoms with Gasteiger partial charge in [-0.3, -0.25) is 9.59 Å². The molecule has 116 valence electrons. The third-order valence-corrected chi connectivity index (χ3v) is 5.96. The van der Waals surface area contributed by atoms with Crippen molar-refractivity contribution in [3.63, 3.8) is 0 Å². The molecule has 1 N–H and O–H groups in total. The average molecular weight is 297 g/mol. The van der Waals surface area contributed by atoms with Crippen molar-refractivity contribution in [1.29, 1.82) is 0 Å². The van der Waals surface area contributed by atoms with Crippen LogP contribution in [0.15, 0.2) is 18.2 Å². The number of carbonyl (C=O) groups is 2. The minimum atomic E-state index is -0.255. The van der Waals surface area contributed by atoms with Gasteiger partial charge < -0.3 is 5.32 Å². The Morgan fingerprint density at radius 2 is 1.73 bits per heavy atom. The third-order valence-electron chi connectivity index (χ3n) is 5.96. The summed E-state index contributed by atoms with van der Waals surface area (Å²) < 4.78 is 0. The molecule has 22 heavy (non-hydrogen) atoms. The van der Waals surface area contributed by atoms with E-state index >= 15 is 0 Å². The lowest BCUT2D eigenvalue weighted by atomic mass is 9.70. The number of Topliss-reactive ketones (excluding diaryl/α,β-unsaturated/α-hetero) is 1. The molecule has 2 saturated carbocycles. The topological polar surface area (TPSA) is 46.2 Å². The molecule has 1 amide bonds. The van der Waals surface area contributed by atoms with Crippen LogP contribution in [0.3, 0.4) is 0 Å². The van der Waals surface area contributed by atoms with Crippen LogP contribution in [0.5, 0.6) is 0 Å². The smallest absolute Gasteiger partial charge is 0.235 e. The molecule has 0 atom stereocenters. The predicted molar refractivity (Wildman–Crippen MR) is 86.1 cm³/mol. The van der Waals surface area contributed by atoms with Gasteiger partial charge in [-0.15, -0.1) is 0 Å². The Morgan fingerprint density at radius 1 is 1.00 bits per heavy atom. The normalized spacial score (nSPS) is 24.4. The summed E-state index contributed by atoms with van der Waals surface area (Å²) in [5.41, 5.74) is 3.28. The second-order valence-electron chi connectivity index (χ2n) is 7.21. The summed E-state index contributed by atoms with van der Waals surface area (Å²) in [5.74, 6) is 1.08. The highest BCUT2D eigenvalue weighted by molar-refractivity contribution is 6.06. The number of amides is 1. The van der Waals surface area contributed by atoms with Crippen LogP contribution in [0.25, 0.3) is 0 Å². The predicted octanol–water partition coefficient (Wildman–Crippen LogP) is 4.07. The molecule has 0 saturated heterocycles. The minimum Gasteiger partial charge on any atom is -0.325 e. The van der Waals surface area contributed by atoms with Crippen molar-refractivity contribution >= 4 is 17.4 Å². The van der Waals surface area contributed by atoms with Crippen molar-refractivity contribution in [2.45, 2.75) is 69.1 Å². The molecule has 0 unspecified atom stereocenters. The summed E-state index contributed by atoms with van der Waals surface area (Å²) in [6.45, 7) is 0. The SMILES string of the molecule is O=C1CCC(c2ccc3c(c2)NC(=O)C32CCCCC2)CC1. The van der Waals surface area contributed by atoms with Gasteiger partial charge in [0.1, 0.15) is 5.78 Å². The van der Waals surface area contributed by atoms with Gasteiger partial charge in [0.2, 0.25) is 5.91 Å². The number of hydrogen-bond donors (Lipinski definition) is 1. The van der Waals surface area contributed by atoms with E-state index in [2.05, 4.69) is 23.5 Å². The summed E-state index contributed by atoms with van der Waals surface area (Å²) in [7, 11) is 0.